The van der Waals surface area contributed by atoms with Crippen molar-refractivity contribution in [3.05, 3.63) is 97.2 Å². The van der Waals surface area contributed by atoms with Crippen LogP contribution in [0.25, 0.3) is 0 Å². The van der Waals surface area contributed by atoms with Crippen LogP contribution in [-0.2, 0) is 13.1 Å². The molecule has 3 rings (SSSR count). The van der Waals surface area contributed by atoms with Crippen molar-refractivity contribution < 1.29 is 0 Å². The molecule has 0 amide bonds. The van der Waals surface area contributed by atoms with E-state index in [0.717, 1.165) is 11.1 Å². The fourth-order valence-electron chi connectivity index (χ4n) is 2.29. The first-order valence-corrected chi connectivity index (χ1v) is 7.90. The Kier molecular flexibility index (Phi) is 4.52. The van der Waals surface area contributed by atoms with Crippen LogP contribution < -0.4 is 11.2 Å². The first kappa shape index (κ1) is 15.4. The molecule has 0 bridgehead atoms. The van der Waals surface area contributed by atoms with Crippen LogP contribution in [-0.4, -0.2) is 14.3 Å². The van der Waals surface area contributed by atoms with Gasteiger partial charge in [0.2, 0.25) is 0 Å². The van der Waals surface area contributed by atoms with Crippen molar-refractivity contribution >= 4 is 15.9 Å². The van der Waals surface area contributed by atoms with Gasteiger partial charge in [0.25, 0.3) is 5.56 Å². The van der Waals surface area contributed by atoms with Crippen LogP contribution in [0.4, 0.5) is 0 Å². The van der Waals surface area contributed by atoms with Gasteiger partial charge in [-0.15, -0.1) is 0 Å². The van der Waals surface area contributed by atoms with Crippen LogP contribution in [0.15, 0.2) is 74.9 Å². The van der Waals surface area contributed by atoms with E-state index in [4.69, 9.17) is 0 Å². The van der Waals surface area contributed by atoms with Crippen LogP contribution >= 0.6 is 15.9 Å². The Balaban J connectivity index is 2.03. The lowest BCUT2D eigenvalue weighted by Crippen LogP contribution is -2.42. The monoisotopic (exact) mass is 371 g/mol. The lowest BCUT2D eigenvalue weighted by Gasteiger charge is -2.10. The highest BCUT2D eigenvalue weighted by molar-refractivity contribution is 9.10. The van der Waals surface area contributed by atoms with Crippen LogP contribution in [0.2, 0.25) is 0 Å². The molecule has 2 aromatic carbocycles. The first-order chi connectivity index (χ1) is 11.1. The summed E-state index contributed by atoms with van der Waals surface area (Å²) in [7, 11) is 0. The van der Waals surface area contributed by atoms with Gasteiger partial charge in [-0.05, 0) is 27.1 Å². The fraction of sp³-hybridized carbons (Fsp3) is 0.118. The maximum atomic E-state index is 12.6. The van der Waals surface area contributed by atoms with Gasteiger partial charge < -0.3 is 0 Å². The van der Waals surface area contributed by atoms with Gasteiger partial charge in [0.15, 0.2) is 4.60 Å². The second kappa shape index (κ2) is 6.75. The fourth-order valence-corrected chi connectivity index (χ4v) is 2.70. The van der Waals surface area contributed by atoms with Crippen molar-refractivity contribution in [1.29, 1.82) is 0 Å². The molecule has 0 aliphatic rings. The second-order valence-corrected chi connectivity index (χ2v) is 5.84. The van der Waals surface area contributed by atoms with E-state index in [-0.39, 0.29) is 11.1 Å². The predicted octanol–water partition coefficient (Wildman–Crippen LogP) is 2.26. The highest BCUT2D eigenvalue weighted by Gasteiger charge is 2.12. The zero-order chi connectivity index (χ0) is 16.2. The van der Waals surface area contributed by atoms with Crippen molar-refractivity contribution in [3.63, 3.8) is 0 Å². The maximum absolute atomic E-state index is 12.6. The standard InChI is InChI=1S/C17H14BrN3O2/c18-15-16(22)20(11-13-7-3-1-4-8-13)17(23)21(19-15)12-14-9-5-2-6-10-14/h1-10H,11-12H2. The van der Waals surface area contributed by atoms with Gasteiger partial charge in [0, 0.05) is 0 Å². The summed E-state index contributed by atoms with van der Waals surface area (Å²) in [4.78, 5) is 24.8. The van der Waals surface area contributed by atoms with Gasteiger partial charge in [-0.25, -0.2) is 9.48 Å². The number of nitrogens with zero attached hydrogens (tertiary/aromatic N) is 3. The third-order valence-electron chi connectivity index (χ3n) is 3.44. The Labute approximate surface area is 141 Å². The molecule has 0 radical (unpaired) electrons. The predicted molar refractivity (Wildman–Crippen MR) is 91.5 cm³/mol. The normalized spacial score (nSPS) is 10.7. The molecule has 0 N–H and O–H groups in total. The Morgan fingerprint density at radius 2 is 1.35 bits per heavy atom. The Hall–Kier alpha value is -2.47. The molecule has 3 aromatic rings. The minimum Gasteiger partial charge on any atom is -0.266 e. The van der Waals surface area contributed by atoms with E-state index < -0.39 is 11.2 Å². The molecule has 0 atom stereocenters. The quantitative estimate of drug-likeness (QED) is 0.706. The number of halogens is 1. The average Bonchev–Trinajstić information content (AvgIpc) is 2.58. The smallest absolute Gasteiger partial charge is 0.266 e. The molecule has 1 heterocycles. The summed E-state index contributed by atoms with van der Waals surface area (Å²) < 4.78 is 2.61. The van der Waals surface area contributed by atoms with Crippen molar-refractivity contribution in [2.75, 3.05) is 0 Å². The zero-order valence-corrected chi connectivity index (χ0v) is 13.8. The molecule has 116 valence electrons. The van der Waals surface area contributed by atoms with Gasteiger partial charge >= 0.3 is 5.69 Å². The molecular formula is C17H14BrN3O2. The van der Waals surface area contributed by atoms with Gasteiger partial charge in [0.05, 0.1) is 13.1 Å². The van der Waals surface area contributed by atoms with Crippen molar-refractivity contribution in [3.8, 4) is 0 Å². The molecule has 0 fully saturated rings. The topological polar surface area (TPSA) is 56.9 Å². The van der Waals surface area contributed by atoms with Gasteiger partial charge in [-0.1, -0.05) is 60.7 Å². The molecule has 5 nitrogen and oxygen atoms in total. The van der Waals surface area contributed by atoms with E-state index in [9.17, 15) is 9.59 Å². The van der Waals surface area contributed by atoms with E-state index in [2.05, 4.69) is 21.0 Å². The molecule has 0 aliphatic carbocycles. The van der Waals surface area contributed by atoms with Crippen molar-refractivity contribution in [2.45, 2.75) is 13.1 Å². The van der Waals surface area contributed by atoms with E-state index >= 15 is 0 Å². The van der Waals surface area contributed by atoms with Crippen LogP contribution in [0.3, 0.4) is 0 Å². The van der Waals surface area contributed by atoms with E-state index in [1.165, 1.54) is 9.25 Å². The average molecular weight is 372 g/mol. The van der Waals surface area contributed by atoms with Gasteiger partial charge in [-0.3, -0.25) is 9.36 Å². The summed E-state index contributed by atoms with van der Waals surface area (Å²) in [5.74, 6) is 0. The summed E-state index contributed by atoms with van der Waals surface area (Å²) in [5.41, 5.74) is 0.976. The minimum absolute atomic E-state index is 0.129. The molecule has 1 aromatic heterocycles. The molecule has 0 aliphatic heterocycles. The third kappa shape index (κ3) is 3.48. The van der Waals surface area contributed by atoms with Gasteiger partial charge in [0.1, 0.15) is 0 Å². The Bertz CT molecular complexity index is 918. The molecule has 6 heteroatoms. The lowest BCUT2D eigenvalue weighted by atomic mass is 10.2. The number of benzene rings is 2. The van der Waals surface area contributed by atoms with E-state index in [0.29, 0.717) is 6.54 Å². The summed E-state index contributed by atoms with van der Waals surface area (Å²) in [6, 6.07) is 18.9. The summed E-state index contributed by atoms with van der Waals surface area (Å²) in [5, 5.41) is 4.06. The second-order valence-electron chi connectivity index (χ2n) is 5.09. The van der Waals surface area contributed by atoms with Crippen molar-refractivity contribution in [2.24, 2.45) is 0 Å². The number of hydrogen-bond donors (Lipinski definition) is 0. The van der Waals surface area contributed by atoms with Crippen LogP contribution in [0.1, 0.15) is 11.1 Å². The van der Waals surface area contributed by atoms with E-state index in [1.54, 1.807) is 0 Å². The number of hydrogen-bond acceptors (Lipinski definition) is 3. The molecule has 0 spiro atoms. The molecule has 0 unspecified atom stereocenters. The van der Waals surface area contributed by atoms with E-state index in [1.807, 2.05) is 60.7 Å². The van der Waals surface area contributed by atoms with Crippen LogP contribution in [0, 0.1) is 0 Å². The Morgan fingerprint density at radius 3 is 1.91 bits per heavy atom. The highest BCUT2D eigenvalue weighted by atomic mass is 79.9. The molecular weight excluding hydrogens is 358 g/mol. The number of rotatable bonds is 4. The Morgan fingerprint density at radius 1 is 0.826 bits per heavy atom. The van der Waals surface area contributed by atoms with Gasteiger partial charge in [-0.2, -0.15) is 5.10 Å². The molecule has 23 heavy (non-hydrogen) atoms. The number of aromatic nitrogens is 3. The summed E-state index contributed by atoms with van der Waals surface area (Å²) in [6.07, 6.45) is 0. The minimum atomic E-state index is -0.428. The molecule has 0 saturated heterocycles. The summed E-state index contributed by atoms with van der Waals surface area (Å²) in [6.45, 7) is 0.530. The zero-order valence-electron chi connectivity index (χ0n) is 12.2. The largest absolute Gasteiger partial charge is 0.348 e. The molecule has 0 saturated carbocycles. The first-order valence-electron chi connectivity index (χ1n) is 7.10. The van der Waals surface area contributed by atoms with Crippen molar-refractivity contribution in [1.82, 2.24) is 14.3 Å². The lowest BCUT2D eigenvalue weighted by molar-refractivity contribution is 0.533. The van der Waals surface area contributed by atoms with Crippen LogP contribution in [0.5, 0.6) is 0 Å². The SMILES string of the molecule is O=c1c(Br)nn(Cc2ccccc2)c(=O)n1Cc1ccccc1. The third-order valence-corrected chi connectivity index (χ3v) is 3.94. The highest BCUT2D eigenvalue weighted by Crippen LogP contribution is 2.03. The maximum Gasteiger partial charge on any atom is 0.348 e. The summed E-state index contributed by atoms with van der Waals surface area (Å²) >= 11 is 3.15.